The molecule has 7 rings (SSSR count). The number of fused-ring (bicyclic) bond motifs is 1. The Kier molecular flexibility index (Phi) is 12.4. The number of β-lactam (4-membered cyclic amide) rings is 1. The molecule has 3 aliphatic heterocycles. The third kappa shape index (κ3) is 8.86. The molecule has 3 heterocycles. The first kappa shape index (κ1) is 41.1. The average molecular weight is 821 g/mol. The van der Waals surface area contributed by atoms with Gasteiger partial charge in [-0.25, -0.2) is 9.59 Å². The van der Waals surface area contributed by atoms with Crippen LogP contribution in [0, 0.1) is 33.8 Å². The zero-order valence-corrected chi connectivity index (χ0v) is 33.7. The molecule has 1 N–H and O–H groups in total. The molecule has 14 heteroatoms. The van der Waals surface area contributed by atoms with Gasteiger partial charge in [0.2, 0.25) is 11.8 Å². The highest BCUT2D eigenvalue weighted by Crippen LogP contribution is 2.49. The van der Waals surface area contributed by atoms with Gasteiger partial charge in [-0.3, -0.25) is 24.6 Å². The van der Waals surface area contributed by atoms with Crippen molar-refractivity contribution in [2.24, 2.45) is 23.7 Å². The molecule has 13 nitrogen and oxygen atoms in total. The molecule has 0 radical (unpaired) electrons. The fourth-order valence-electron chi connectivity index (χ4n) is 8.13. The number of carbonyl (C=O) groups excluding carboxylic acids is 4. The number of likely N-dealkylation sites (tertiary alicyclic amines) is 1. The van der Waals surface area contributed by atoms with Crippen molar-refractivity contribution in [1.29, 1.82) is 0 Å². The second kappa shape index (κ2) is 17.8. The van der Waals surface area contributed by atoms with Gasteiger partial charge in [0.15, 0.2) is 11.5 Å². The zero-order chi connectivity index (χ0) is 41.8. The van der Waals surface area contributed by atoms with Crippen molar-refractivity contribution in [3.63, 3.8) is 0 Å². The van der Waals surface area contributed by atoms with Gasteiger partial charge >= 0.3 is 11.9 Å². The molecule has 0 aliphatic carbocycles. The molecule has 4 aromatic carbocycles. The van der Waals surface area contributed by atoms with E-state index in [0.717, 1.165) is 23.3 Å². The quantitative estimate of drug-likeness (QED) is 0.0431. The van der Waals surface area contributed by atoms with E-state index in [1.165, 1.54) is 17.0 Å². The number of nitro groups is 1. The highest BCUT2D eigenvalue weighted by atomic mass is 35.5. The minimum absolute atomic E-state index is 0.0300. The Hall–Kier alpha value is -6.05. The number of nitrogens with zero attached hydrogens (tertiary/aromatic N) is 3. The largest absolute Gasteiger partial charge is 0.485 e. The van der Waals surface area contributed by atoms with Crippen molar-refractivity contribution in [2.45, 2.75) is 53.0 Å². The van der Waals surface area contributed by atoms with Gasteiger partial charge in [0.1, 0.15) is 18.9 Å². The van der Waals surface area contributed by atoms with E-state index in [0.29, 0.717) is 60.3 Å². The molecule has 0 aromatic heterocycles. The lowest BCUT2D eigenvalue weighted by atomic mass is 9.74. The zero-order valence-electron chi connectivity index (χ0n) is 33.0. The average Bonchev–Trinajstić information content (AvgIpc) is 3.80. The fraction of sp³-hybridized carbons (Fsp3) is 0.333. The molecule has 59 heavy (non-hydrogen) atoms. The number of ether oxygens (including phenoxy) is 3. The maximum absolute atomic E-state index is 13.7. The van der Waals surface area contributed by atoms with Crippen LogP contribution < -0.4 is 14.8 Å². The van der Waals surface area contributed by atoms with E-state index >= 15 is 0 Å². The highest BCUT2D eigenvalue weighted by Gasteiger charge is 2.59. The molecule has 2 amide bonds. The Labute approximate surface area is 347 Å². The minimum atomic E-state index is -0.983. The van der Waals surface area contributed by atoms with Crippen LogP contribution in [0.25, 0.3) is 0 Å². The molecular formula is C45H45ClN4O9. The van der Waals surface area contributed by atoms with Crippen molar-refractivity contribution in [3.05, 3.63) is 146 Å². The van der Waals surface area contributed by atoms with Gasteiger partial charge in [-0.2, -0.15) is 0 Å². The van der Waals surface area contributed by atoms with E-state index in [2.05, 4.69) is 10.2 Å². The van der Waals surface area contributed by atoms with Gasteiger partial charge in [0, 0.05) is 37.7 Å². The molecule has 4 aromatic rings. The normalized spacial score (nSPS) is 19.9. The summed E-state index contributed by atoms with van der Waals surface area (Å²) >= 11 is 6.95. The van der Waals surface area contributed by atoms with Crippen molar-refractivity contribution in [3.8, 4) is 11.5 Å². The van der Waals surface area contributed by atoms with Gasteiger partial charge < -0.3 is 24.4 Å². The van der Waals surface area contributed by atoms with Gasteiger partial charge in [-0.05, 0) is 59.3 Å². The SMILES string of the molecule is CC(C)[C@H]1C(=O)N2C(C(=O)OC(=O)c3ccc([N+](=O)[O-])cc3)=C(CN3CCC(C(=O)NCc4ccc(OCc5ccccc5)c(OCc5ccccc5)c4Cl)C3)[C@H](C)[C@H]12. The smallest absolute Gasteiger partial charge is 0.362 e. The van der Waals surface area contributed by atoms with Crippen molar-refractivity contribution < 1.29 is 38.3 Å². The summed E-state index contributed by atoms with van der Waals surface area (Å²) in [4.78, 5) is 67.7. The molecule has 0 saturated carbocycles. The van der Waals surface area contributed by atoms with Crippen LogP contribution in [0.2, 0.25) is 5.02 Å². The van der Waals surface area contributed by atoms with Gasteiger partial charge in [0.05, 0.1) is 33.4 Å². The second-order valence-corrected chi connectivity index (χ2v) is 15.8. The fourth-order valence-corrected chi connectivity index (χ4v) is 8.41. The van der Waals surface area contributed by atoms with Crippen LogP contribution in [0.4, 0.5) is 5.69 Å². The maximum atomic E-state index is 13.7. The number of nitrogens with one attached hydrogen (secondary N) is 1. The molecule has 306 valence electrons. The number of benzene rings is 4. The minimum Gasteiger partial charge on any atom is -0.485 e. The summed E-state index contributed by atoms with van der Waals surface area (Å²) in [6, 6.07) is 27.5. The summed E-state index contributed by atoms with van der Waals surface area (Å²) in [7, 11) is 0. The van der Waals surface area contributed by atoms with Gasteiger partial charge in [-0.1, -0.05) is 99.1 Å². The summed E-state index contributed by atoms with van der Waals surface area (Å²) in [5.41, 5.74) is 3.07. The number of hydrogen-bond donors (Lipinski definition) is 1. The van der Waals surface area contributed by atoms with E-state index in [-0.39, 0.29) is 71.6 Å². The Morgan fingerprint density at radius 1 is 0.898 bits per heavy atom. The monoisotopic (exact) mass is 820 g/mol. The Bertz CT molecular complexity index is 2270. The number of carbonyl (C=O) groups is 4. The summed E-state index contributed by atoms with van der Waals surface area (Å²) in [6.07, 6.45) is 0.567. The van der Waals surface area contributed by atoms with Crippen LogP contribution >= 0.6 is 11.6 Å². The van der Waals surface area contributed by atoms with E-state index < -0.39 is 16.9 Å². The van der Waals surface area contributed by atoms with Crippen LogP contribution in [0.1, 0.15) is 54.2 Å². The van der Waals surface area contributed by atoms with Gasteiger partial charge in [-0.15, -0.1) is 0 Å². The molecule has 2 saturated heterocycles. The van der Waals surface area contributed by atoms with Crippen molar-refractivity contribution in [1.82, 2.24) is 15.1 Å². The molecule has 2 fully saturated rings. The Morgan fingerprint density at radius 3 is 2.17 bits per heavy atom. The van der Waals surface area contributed by atoms with Crippen molar-refractivity contribution in [2.75, 3.05) is 19.6 Å². The highest BCUT2D eigenvalue weighted by molar-refractivity contribution is 6.33. The van der Waals surface area contributed by atoms with E-state index in [9.17, 15) is 29.3 Å². The van der Waals surface area contributed by atoms with E-state index in [4.69, 9.17) is 25.8 Å². The topological polar surface area (TPSA) is 158 Å². The lowest BCUT2D eigenvalue weighted by Crippen LogP contribution is -2.62. The molecule has 4 atom stereocenters. The number of hydrogen-bond acceptors (Lipinski definition) is 10. The summed E-state index contributed by atoms with van der Waals surface area (Å²) in [5.74, 6) is -2.25. The van der Waals surface area contributed by atoms with Crippen LogP contribution in [0.15, 0.2) is 108 Å². The van der Waals surface area contributed by atoms with Crippen LogP contribution in [-0.2, 0) is 38.9 Å². The number of esters is 2. The molecule has 0 spiro atoms. The maximum Gasteiger partial charge on any atom is 0.362 e. The predicted molar refractivity (Wildman–Crippen MR) is 218 cm³/mol. The van der Waals surface area contributed by atoms with Gasteiger partial charge in [0.25, 0.3) is 5.69 Å². The first-order chi connectivity index (χ1) is 28.4. The number of rotatable bonds is 15. The molecule has 1 unspecified atom stereocenters. The lowest BCUT2D eigenvalue weighted by Gasteiger charge is -2.47. The third-order valence-corrected chi connectivity index (χ3v) is 11.7. The molecular weight excluding hydrogens is 776 g/mol. The van der Waals surface area contributed by atoms with Crippen LogP contribution in [0.3, 0.4) is 0 Å². The summed E-state index contributed by atoms with van der Waals surface area (Å²) in [6.45, 7) is 7.90. The standard InChI is InChI=1S/C45H45ClN4O9/c1-27(2)37-39-28(3)35(40(49(39)43(37)52)45(54)59-44(53)31-14-17-34(18-15-31)50(55)56)24-48-21-20-33(23-48)42(51)47-22-32-16-19-36(57-25-29-10-6-4-7-11-29)41(38(32)46)58-26-30-12-8-5-9-13-30/h4-19,27-28,33,37,39H,20-26H2,1-3H3,(H,47,51)/t28-,33?,37+,39+/m0/s1. The number of amides is 2. The van der Waals surface area contributed by atoms with E-state index in [1.807, 2.05) is 87.5 Å². The van der Waals surface area contributed by atoms with Crippen molar-refractivity contribution >= 4 is 41.0 Å². The molecule has 3 aliphatic rings. The summed E-state index contributed by atoms with van der Waals surface area (Å²) < 4.78 is 17.7. The van der Waals surface area contributed by atoms with Crippen LogP contribution in [-0.4, -0.2) is 64.2 Å². The number of nitro benzene ring substituents is 1. The third-order valence-electron chi connectivity index (χ3n) is 11.3. The van der Waals surface area contributed by atoms with E-state index in [1.54, 1.807) is 6.07 Å². The lowest BCUT2D eigenvalue weighted by molar-refractivity contribution is -0.384. The number of halogens is 1. The summed E-state index contributed by atoms with van der Waals surface area (Å²) in [5, 5.41) is 14.5. The Balaban J connectivity index is 1.02. The number of non-ortho nitro benzene ring substituents is 1. The Morgan fingerprint density at radius 2 is 1.54 bits per heavy atom. The predicted octanol–water partition coefficient (Wildman–Crippen LogP) is 7.11. The van der Waals surface area contributed by atoms with Crippen LogP contribution in [0.5, 0.6) is 11.5 Å². The first-order valence-electron chi connectivity index (χ1n) is 19.6. The second-order valence-electron chi connectivity index (χ2n) is 15.5. The first-order valence-corrected chi connectivity index (χ1v) is 20.0. The molecule has 0 bridgehead atoms.